The average Bonchev–Trinajstić information content (AvgIpc) is 3.24. The van der Waals surface area contributed by atoms with Crippen LogP contribution in [-0.4, -0.2) is 0 Å². The monoisotopic (exact) mass is 477 g/mol. The highest BCUT2D eigenvalue weighted by Gasteiger charge is 2.45. The summed E-state index contributed by atoms with van der Waals surface area (Å²) in [6.07, 6.45) is 12.1. The van der Waals surface area contributed by atoms with Crippen molar-refractivity contribution in [1.29, 1.82) is 0 Å². The molecule has 0 fully saturated rings. The third-order valence-corrected chi connectivity index (χ3v) is 7.00. The summed E-state index contributed by atoms with van der Waals surface area (Å²) in [5, 5.41) is 3.54. The number of rotatable bonds is 8. The van der Waals surface area contributed by atoms with Crippen LogP contribution in [0.15, 0.2) is 152 Å². The Bertz CT molecular complexity index is 1500. The Kier molecular flexibility index (Phi) is 6.87. The van der Waals surface area contributed by atoms with Gasteiger partial charge in [0.1, 0.15) is 0 Å². The Hall–Kier alpha value is -4.62. The van der Waals surface area contributed by atoms with E-state index in [0.717, 1.165) is 16.9 Å². The van der Waals surface area contributed by atoms with Gasteiger partial charge in [0.15, 0.2) is 0 Å². The van der Waals surface area contributed by atoms with Gasteiger partial charge in [-0.3, -0.25) is 0 Å². The van der Waals surface area contributed by atoms with Gasteiger partial charge >= 0.3 is 0 Å². The first-order chi connectivity index (χ1) is 18.2. The molecule has 5 rings (SSSR count). The molecule has 0 amide bonds. The van der Waals surface area contributed by atoms with Gasteiger partial charge in [-0.15, -0.1) is 0 Å². The lowest BCUT2D eigenvalue weighted by Gasteiger charge is -2.35. The summed E-state index contributed by atoms with van der Waals surface area (Å²) >= 11 is 0. The van der Waals surface area contributed by atoms with Crippen LogP contribution in [0.2, 0.25) is 0 Å². The summed E-state index contributed by atoms with van der Waals surface area (Å²) in [6, 6.07) is 36.7. The van der Waals surface area contributed by atoms with Crippen molar-refractivity contribution in [3.05, 3.63) is 180 Å². The second-order valence-electron chi connectivity index (χ2n) is 9.11. The third kappa shape index (κ3) is 4.30. The number of hydrogen-bond acceptors (Lipinski definition) is 1. The molecule has 1 N–H and O–H groups in total. The van der Waals surface area contributed by atoms with Gasteiger partial charge in [0, 0.05) is 11.4 Å². The molecule has 0 heterocycles. The van der Waals surface area contributed by atoms with Crippen LogP contribution in [-0.2, 0) is 5.41 Å². The van der Waals surface area contributed by atoms with Gasteiger partial charge in [-0.2, -0.15) is 0 Å². The molecule has 4 aromatic rings. The molecule has 1 heteroatoms. The molecule has 0 aliphatic heterocycles. The van der Waals surface area contributed by atoms with Crippen molar-refractivity contribution in [2.24, 2.45) is 0 Å². The largest absolute Gasteiger partial charge is 0.356 e. The van der Waals surface area contributed by atoms with E-state index in [4.69, 9.17) is 0 Å². The molecule has 0 bridgehead atoms. The molecule has 0 aromatic heterocycles. The van der Waals surface area contributed by atoms with Crippen molar-refractivity contribution in [2.45, 2.75) is 12.3 Å². The zero-order valence-electron chi connectivity index (χ0n) is 21.2. The maximum Gasteiger partial charge on any atom is 0.0713 e. The molecule has 0 saturated carbocycles. The molecule has 1 aliphatic carbocycles. The summed E-state index contributed by atoms with van der Waals surface area (Å²) in [7, 11) is 0. The van der Waals surface area contributed by atoms with E-state index in [-0.39, 0.29) is 0 Å². The second-order valence-corrected chi connectivity index (χ2v) is 9.11. The lowest BCUT2D eigenvalue weighted by atomic mass is 9.67. The minimum absolute atomic E-state index is 0.438. The van der Waals surface area contributed by atoms with Crippen molar-refractivity contribution in [2.75, 3.05) is 5.32 Å². The molecule has 1 unspecified atom stereocenters. The molecule has 0 saturated heterocycles. The maximum atomic E-state index is 4.29. The van der Waals surface area contributed by atoms with Gasteiger partial charge in [-0.25, -0.2) is 0 Å². The maximum absolute atomic E-state index is 4.29. The number of hydrogen-bond donors (Lipinski definition) is 1. The Labute approximate surface area is 220 Å². The first kappa shape index (κ1) is 24.1. The molecule has 4 aromatic carbocycles. The Morgan fingerprint density at radius 2 is 1.30 bits per heavy atom. The summed E-state index contributed by atoms with van der Waals surface area (Å²) < 4.78 is 0. The van der Waals surface area contributed by atoms with E-state index in [0.29, 0.717) is 0 Å². The number of nitrogens with one attached hydrogen (secondary N) is 1. The lowest BCUT2D eigenvalue weighted by Crippen LogP contribution is -2.29. The normalized spacial score (nSPS) is 16.8. The minimum atomic E-state index is -0.438. The van der Waals surface area contributed by atoms with E-state index in [1.807, 2.05) is 18.2 Å². The Morgan fingerprint density at radius 1 is 0.676 bits per heavy atom. The van der Waals surface area contributed by atoms with Crippen molar-refractivity contribution in [3.63, 3.8) is 0 Å². The average molecular weight is 478 g/mol. The van der Waals surface area contributed by atoms with E-state index in [2.05, 4.69) is 141 Å². The molecular weight excluding hydrogens is 446 g/mol. The fourth-order valence-corrected chi connectivity index (χ4v) is 5.45. The first-order valence-corrected chi connectivity index (χ1v) is 12.6. The van der Waals surface area contributed by atoms with Crippen LogP contribution in [0.5, 0.6) is 0 Å². The van der Waals surface area contributed by atoms with Crippen LogP contribution in [0, 0.1) is 0 Å². The quantitative estimate of drug-likeness (QED) is 0.249. The number of allylic oxidation sites excluding steroid dienone is 7. The van der Waals surface area contributed by atoms with E-state index >= 15 is 0 Å². The zero-order chi connectivity index (χ0) is 25.7. The summed E-state index contributed by atoms with van der Waals surface area (Å²) in [5.41, 5.74) is 10.2. The first-order valence-electron chi connectivity index (χ1n) is 12.6. The molecule has 1 atom stereocenters. The highest BCUT2D eigenvalue weighted by Crippen LogP contribution is 2.55. The highest BCUT2D eigenvalue weighted by atomic mass is 14.9. The number of fused-ring (bicyclic) bond motifs is 1. The van der Waals surface area contributed by atoms with Crippen LogP contribution >= 0.6 is 0 Å². The molecule has 0 radical (unpaired) electrons. The molecule has 1 aliphatic rings. The molecule has 1 nitrogen and oxygen atoms in total. The van der Waals surface area contributed by atoms with Crippen molar-refractivity contribution in [1.82, 2.24) is 0 Å². The fraction of sp³-hybridized carbons (Fsp3) is 0.0556. The summed E-state index contributed by atoms with van der Waals surface area (Å²) in [6.45, 7) is 10.1. The van der Waals surface area contributed by atoms with Crippen molar-refractivity contribution >= 4 is 23.0 Å². The smallest absolute Gasteiger partial charge is 0.0713 e. The van der Waals surface area contributed by atoms with Crippen LogP contribution in [0.3, 0.4) is 0 Å². The van der Waals surface area contributed by atoms with Crippen molar-refractivity contribution in [3.8, 4) is 0 Å². The molecule has 0 spiro atoms. The van der Waals surface area contributed by atoms with Gasteiger partial charge in [0.05, 0.1) is 5.41 Å². The predicted octanol–water partition coefficient (Wildman–Crippen LogP) is 9.49. The SMILES string of the molecule is C=C/C=C/c1ccc(Nc2ccc(C3(c4ccccc4)C(C=C)=C(/C=C\C)c4ccccc43)cc2)cc1. The summed E-state index contributed by atoms with van der Waals surface area (Å²) in [4.78, 5) is 0. The second kappa shape index (κ2) is 10.6. The standard InChI is InChI=1S/C36H31N/c1-4-7-14-27-19-23-30(24-20-27)37-31-25-21-29(22-26-31)36(28-15-9-8-10-16-28)34(6-3)32(13-5-2)33-17-11-12-18-35(33)36/h4-26,37H,1,3H2,2H3/b13-5-,14-7+. The van der Waals surface area contributed by atoms with E-state index in [1.165, 1.54) is 33.4 Å². The van der Waals surface area contributed by atoms with Gasteiger partial charge < -0.3 is 5.32 Å². The Morgan fingerprint density at radius 3 is 1.95 bits per heavy atom. The number of benzene rings is 4. The van der Waals surface area contributed by atoms with Crippen LogP contribution < -0.4 is 5.32 Å². The van der Waals surface area contributed by atoms with Crippen LogP contribution in [0.25, 0.3) is 11.6 Å². The third-order valence-electron chi connectivity index (χ3n) is 7.00. The van der Waals surface area contributed by atoms with Gasteiger partial charge in [-0.1, -0.05) is 128 Å². The zero-order valence-corrected chi connectivity index (χ0v) is 21.2. The Balaban J connectivity index is 1.61. The van der Waals surface area contributed by atoms with Crippen LogP contribution in [0.1, 0.15) is 34.7 Å². The molecular formula is C36H31N. The topological polar surface area (TPSA) is 12.0 Å². The molecule has 180 valence electrons. The van der Waals surface area contributed by atoms with Crippen LogP contribution in [0.4, 0.5) is 11.4 Å². The van der Waals surface area contributed by atoms with E-state index < -0.39 is 5.41 Å². The number of anilines is 2. The molecule has 37 heavy (non-hydrogen) atoms. The predicted molar refractivity (Wildman–Crippen MR) is 160 cm³/mol. The van der Waals surface area contributed by atoms with E-state index in [1.54, 1.807) is 6.08 Å². The fourth-order valence-electron chi connectivity index (χ4n) is 5.45. The van der Waals surface area contributed by atoms with E-state index in [9.17, 15) is 0 Å². The van der Waals surface area contributed by atoms with Gasteiger partial charge in [-0.05, 0) is 70.2 Å². The minimum Gasteiger partial charge on any atom is -0.356 e. The van der Waals surface area contributed by atoms with Gasteiger partial charge in [0.25, 0.3) is 0 Å². The summed E-state index contributed by atoms with van der Waals surface area (Å²) in [5.74, 6) is 0. The van der Waals surface area contributed by atoms with Gasteiger partial charge in [0.2, 0.25) is 0 Å². The lowest BCUT2D eigenvalue weighted by molar-refractivity contribution is 0.762. The van der Waals surface area contributed by atoms with Crippen molar-refractivity contribution < 1.29 is 0 Å². The highest BCUT2D eigenvalue weighted by molar-refractivity contribution is 5.91.